The van der Waals surface area contributed by atoms with Crippen molar-refractivity contribution in [1.82, 2.24) is 19.1 Å². The van der Waals surface area contributed by atoms with E-state index in [0.717, 1.165) is 28.1 Å². The highest BCUT2D eigenvalue weighted by Gasteiger charge is 2.30. The summed E-state index contributed by atoms with van der Waals surface area (Å²) in [5.74, 6) is -0.136. The minimum Gasteiger partial charge on any atom is -0.464 e. The molecule has 0 saturated carbocycles. The lowest BCUT2D eigenvalue weighted by molar-refractivity contribution is -0.119. The number of aromatic nitrogens is 4. The summed E-state index contributed by atoms with van der Waals surface area (Å²) < 4.78 is 14.5. The molecule has 1 unspecified atom stereocenters. The molecule has 41 heavy (non-hydrogen) atoms. The molecule has 4 heterocycles. The second-order valence-corrected chi connectivity index (χ2v) is 10.2. The molecule has 1 saturated heterocycles. The second-order valence-electron chi connectivity index (χ2n) is 10.2. The van der Waals surface area contributed by atoms with Gasteiger partial charge in [0.05, 0.1) is 54.8 Å². The molecule has 0 aliphatic carbocycles. The lowest BCUT2D eigenvalue weighted by Gasteiger charge is -2.12. The van der Waals surface area contributed by atoms with Gasteiger partial charge in [-0.25, -0.2) is 14.8 Å². The Hall–Kier alpha value is -4.70. The van der Waals surface area contributed by atoms with Crippen molar-refractivity contribution < 1.29 is 19.1 Å². The summed E-state index contributed by atoms with van der Waals surface area (Å²) in [5.41, 5.74) is 5.10. The molecule has 10 heteroatoms. The van der Waals surface area contributed by atoms with Crippen LogP contribution in [0.4, 0.5) is 11.4 Å². The number of fused-ring (bicyclic) bond motifs is 2. The van der Waals surface area contributed by atoms with Crippen LogP contribution in [0.2, 0.25) is 0 Å². The van der Waals surface area contributed by atoms with Crippen LogP contribution in [-0.2, 0) is 40.8 Å². The fourth-order valence-electron chi connectivity index (χ4n) is 5.36. The maximum absolute atomic E-state index is 13.2. The van der Waals surface area contributed by atoms with Gasteiger partial charge in [-0.1, -0.05) is 42.5 Å². The van der Waals surface area contributed by atoms with Crippen molar-refractivity contribution in [3.63, 3.8) is 0 Å². The topological polar surface area (TPSA) is 112 Å². The molecule has 2 N–H and O–H groups in total. The summed E-state index contributed by atoms with van der Waals surface area (Å²) in [6.45, 7) is 1.85. The van der Waals surface area contributed by atoms with E-state index < -0.39 is 5.97 Å². The maximum atomic E-state index is 13.2. The number of nitrogens with one attached hydrogen (secondary N) is 2. The number of para-hydroxylation sites is 2. The first kappa shape index (κ1) is 26.5. The Morgan fingerprint density at radius 3 is 2.68 bits per heavy atom. The molecule has 5 aromatic rings. The molecule has 210 valence electrons. The first-order valence-electron chi connectivity index (χ1n) is 13.7. The van der Waals surface area contributed by atoms with Crippen LogP contribution in [0.15, 0.2) is 66.9 Å². The summed E-state index contributed by atoms with van der Waals surface area (Å²) in [6, 6.07) is 19.9. The van der Waals surface area contributed by atoms with Crippen LogP contribution in [0.3, 0.4) is 0 Å². The molecule has 0 spiro atoms. The van der Waals surface area contributed by atoms with E-state index in [4.69, 9.17) is 19.4 Å². The van der Waals surface area contributed by atoms with E-state index >= 15 is 0 Å². The number of nitrogens with zero attached hydrogens (tertiary/aromatic N) is 4. The number of hydrogen-bond donors (Lipinski definition) is 2. The van der Waals surface area contributed by atoms with E-state index in [1.807, 2.05) is 72.3 Å². The number of carbonyl (C=O) groups excluding carboxylic acids is 2. The highest BCUT2D eigenvalue weighted by molar-refractivity contribution is 6.11. The quantitative estimate of drug-likeness (QED) is 0.258. The van der Waals surface area contributed by atoms with Crippen molar-refractivity contribution in [2.75, 3.05) is 31.0 Å². The number of carbonyl (C=O) groups is 2. The highest BCUT2D eigenvalue weighted by Crippen LogP contribution is 2.34. The van der Waals surface area contributed by atoms with Crippen LogP contribution < -0.4 is 10.6 Å². The molecule has 0 radical (unpaired) electrons. The number of pyridine rings is 1. The number of rotatable bonds is 9. The predicted molar refractivity (Wildman–Crippen MR) is 157 cm³/mol. The number of ether oxygens (including phenoxy) is 2. The van der Waals surface area contributed by atoms with Gasteiger partial charge in [-0.15, -0.1) is 0 Å². The largest absolute Gasteiger partial charge is 0.464 e. The van der Waals surface area contributed by atoms with Crippen LogP contribution >= 0.6 is 0 Å². The maximum Gasteiger partial charge on any atom is 0.356 e. The van der Waals surface area contributed by atoms with Crippen LogP contribution in [0.1, 0.15) is 28.3 Å². The molecule has 3 aromatic heterocycles. The molecular formula is C31H32N6O4. The summed E-state index contributed by atoms with van der Waals surface area (Å²) in [7, 11) is 3.33. The predicted octanol–water partition coefficient (Wildman–Crippen LogP) is 4.54. The number of imidazole rings is 1. The Labute approximate surface area is 237 Å². The first-order valence-corrected chi connectivity index (χ1v) is 13.7. The van der Waals surface area contributed by atoms with Gasteiger partial charge in [0.25, 0.3) is 0 Å². The zero-order valence-electron chi connectivity index (χ0n) is 23.1. The minimum atomic E-state index is -0.539. The number of methoxy groups -OCH3 is 1. The summed E-state index contributed by atoms with van der Waals surface area (Å²) in [6.07, 6.45) is 3.05. The number of esters is 1. The number of aryl methyl sites for hydroxylation is 3. The van der Waals surface area contributed by atoms with E-state index in [1.165, 1.54) is 7.11 Å². The van der Waals surface area contributed by atoms with Crippen molar-refractivity contribution in [3.8, 4) is 0 Å². The zero-order valence-corrected chi connectivity index (χ0v) is 23.1. The Morgan fingerprint density at radius 2 is 1.93 bits per heavy atom. The van der Waals surface area contributed by atoms with Gasteiger partial charge >= 0.3 is 5.97 Å². The third-order valence-corrected chi connectivity index (χ3v) is 7.62. The van der Waals surface area contributed by atoms with Gasteiger partial charge in [-0.2, -0.15) is 0 Å². The lowest BCUT2D eigenvalue weighted by atomic mass is 10.1. The van der Waals surface area contributed by atoms with E-state index in [1.54, 1.807) is 6.20 Å². The molecule has 2 aromatic carbocycles. The van der Waals surface area contributed by atoms with Gasteiger partial charge in [0.15, 0.2) is 5.69 Å². The average Bonchev–Trinajstić information content (AvgIpc) is 3.73. The Morgan fingerprint density at radius 1 is 1.12 bits per heavy atom. The molecule has 10 nitrogen and oxygen atoms in total. The molecule has 1 fully saturated rings. The van der Waals surface area contributed by atoms with Crippen molar-refractivity contribution >= 4 is 45.3 Å². The van der Waals surface area contributed by atoms with Crippen LogP contribution in [0.25, 0.3) is 22.1 Å². The van der Waals surface area contributed by atoms with Crippen LogP contribution in [0, 0.1) is 5.92 Å². The second kappa shape index (κ2) is 11.4. The van der Waals surface area contributed by atoms with E-state index in [9.17, 15) is 9.59 Å². The Bertz CT molecular complexity index is 1720. The van der Waals surface area contributed by atoms with Gasteiger partial charge in [0.1, 0.15) is 11.5 Å². The van der Waals surface area contributed by atoms with Gasteiger partial charge in [-0.05, 0) is 36.6 Å². The number of amides is 1. The molecule has 1 amide bonds. The smallest absolute Gasteiger partial charge is 0.356 e. The van der Waals surface area contributed by atoms with Gasteiger partial charge < -0.3 is 29.2 Å². The number of benzene rings is 2. The molecule has 1 aliphatic heterocycles. The Kier molecular flexibility index (Phi) is 7.39. The summed E-state index contributed by atoms with van der Waals surface area (Å²) >= 11 is 0. The molecule has 1 atom stereocenters. The monoisotopic (exact) mass is 552 g/mol. The molecule has 6 rings (SSSR count). The SMILES string of the molecule is COC(=O)c1c(NC(=O)C2CCOC2)c2cc(NCc3nc4ccccc4n3C)cnc2n1CCc1ccccc1. The Balaban J connectivity index is 1.38. The average molecular weight is 553 g/mol. The minimum absolute atomic E-state index is 0.187. The van der Waals surface area contributed by atoms with Crippen molar-refractivity contribution in [3.05, 3.63) is 83.9 Å². The van der Waals surface area contributed by atoms with Gasteiger partial charge in [0.2, 0.25) is 5.91 Å². The van der Waals surface area contributed by atoms with Gasteiger partial charge in [-0.3, -0.25) is 4.79 Å². The number of anilines is 2. The van der Waals surface area contributed by atoms with Crippen molar-refractivity contribution in [2.45, 2.75) is 25.9 Å². The molecular weight excluding hydrogens is 520 g/mol. The third kappa shape index (κ3) is 5.26. The summed E-state index contributed by atoms with van der Waals surface area (Å²) in [5, 5.41) is 7.10. The first-order chi connectivity index (χ1) is 20.0. The van der Waals surface area contributed by atoms with E-state index in [0.29, 0.717) is 55.9 Å². The third-order valence-electron chi connectivity index (χ3n) is 7.62. The fourth-order valence-corrected chi connectivity index (χ4v) is 5.36. The highest BCUT2D eigenvalue weighted by atomic mass is 16.5. The van der Waals surface area contributed by atoms with Crippen molar-refractivity contribution in [1.29, 1.82) is 0 Å². The van der Waals surface area contributed by atoms with E-state index in [2.05, 4.69) is 15.2 Å². The van der Waals surface area contributed by atoms with Crippen molar-refractivity contribution in [2.24, 2.45) is 13.0 Å². The van der Waals surface area contributed by atoms with Crippen LogP contribution in [0.5, 0.6) is 0 Å². The zero-order chi connectivity index (χ0) is 28.3. The fraction of sp³-hybridized carbons (Fsp3) is 0.290. The molecule has 0 bridgehead atoms. The van der Waals surface area contributed by atoms with Crippen LogP contribution in [-0.4, -0.2) is 51.3 Å². The van der Waals surface area contributed by atoms with Gasteiger partial charge in [0, 0.05) is 25.6 Å². The standard InChI is InChI=1S/C31H32N6O4/c1-36-25-11-7-6-10-24(25)34-26(36)18-32-22-16-23-27(35-30(38)21-13-15-41-19-21)28(31(39)40-2)37(29(23)33-17-22)14-12-20-8-4-3-5-9-20/h3-11,16-17,21,32H,12-15,18-19H2,1-2H3,(H,35,38). The van der Waals surface area contributed by atoms with E-state index in [-0.39, 0.29) is 17.5 Å². The lowest BCUT2D eigenvalue weighted by Crippen LogP contribution is -2.24. The summed E-state index contributed by atoms with van der Waals surface area (Å²) in [4.78, 5) is 35.9. The molecule has 1 aliphatic rings. The normalized spacial score (nSPS) is 14.9. The number of hydrogen-bond acceptors (Lipinski definition) is 7.